The van der Waals surface area contributed by atoms with Crippen molar-refractivity contribution in [3.63, 3.8) is 0 Å². The first-order valence-electron chi connectivity index (χ1n) is 23.8. The average molecular weight is 893 g/mol. The Bertz CT molecular complexity index is 4360. The highest BCUT2D eigenvalue weighted by molar-refractivity contribution is 7.26. The van der Waals surface area contributed by atoms with Crippen LogP contribution in [0.3, 0.4) is 0 Å². The molecule has 0 bridgehead atoms. The highest BCUT2D eigenvalue weighted by Gasteiger charge is 2.30. The van der Waals surface area contributed by atoms with E-state index in [1.54, 1.807) is 0 Å². The van der Waals surface area contributed by atoms with Crippen LogP contribution in [0.5, 0.6) is 0 Å². The molecule has 1 aliphatic rings. The fourth-order valence-electron chi connectivity index (χ4n) is 11.7. The van der Waals surface area contributed by atoms with Crippen LogP contribution in [0.1, 0.15) is 22.6 Å². The van der Waals surface area contributed by atoms with Gasteiger partial charge in [-0.15, -0.1) is 11.3 Å². The van der Waals surface area contributed by atoms with Gasteiger partial charge in [-0.25, -0.2) is 4.98 Å². The number of pyridine rings is 1. The number of aromatic nitrogens is 2. The van der Waals surface area contributed by atoms with E-state index in [4.69, 9.17) is 4.98 Å². The molecule has 3 aromatic heterocycles. The van der Waals surface area contributed by atoms with Crippen LogP contribution in [-0.4, -0.2) is 9.55 Å². The summed E-state index contributed by atoms with van der Waals surface area (Å²) in [5, 5.41) is 12.7. The Morgan fingerprint density at radius 3 is 1.58 bits per heavy atom. The number of benzene rings is 11. The lowest BCUT2D eigenvalue weighted by atomic mass is 9.88. The molecule has 2 nitrogen and oxygen atoms in total. The number of hydrogen-bond acceptors (Lipinski definition) is 2. The Kier molecular flexibility index (Phi) is 8.33. The summed E-state index contributed by atoms with van der Waals surface area (Å²) in [6, 6.07) is 87.5. The Labute approximate surface area is 402 Å². The summed E-state index contributed by atoms with van der Waals surface area (Å²) in [4.78, 5) is 5.62. The largest absolute Gasteiger partial charge is 0.294 e. The highest BCUT2D eigenvalue weighted by Crippen LogP contribution is 2.49. The number of thiophene rings is 1. The van der Waals surface area contributed by atoms with Gasteiger partial charge in [0, 0.05) is 37.7 Å². The second kappa shape index (κ2) is 14.9. The van der Waals surface area contributed by atoms with E-state index < -0.39 is 0 Å². The van der Waals surface area contributed by atoms with Crippen LogP contribution in [0.25, 0.3) is 125 Å². The Balaban J connectivity index is 0.893. The van der Waals surface area contributed by atoms with Crippen LogP contribution < -0.4 is 0 Å². The van der Waals surface area contributed by atoms with Crippen LogP contribution in [0.4, 0.5) is 0 Å². The molecule has 0 amide bonds. The predicted octanol–water partition coefficient (Wildman–Crippen LogP) is 18.2. The zero-order valence-electron chi connectivity index (χ0n) is 37.4. The van der Waals surface area contributed by atoms with Crippen molar-refractivity contribution in [2.75, 3.05) is 0 Å². The van der Waals surface area contributed by atoms with Crippen LogP contribution in [0, 0.1) is 0 Å². The minimum atomic E-state index is 0.170. The number of fused-ring (bicyclic) bond motifs is 15. The second-order valence-corrected chi connectivity index (χ2v) is 19.6. The summed E-state index contributed by atoms with van der Waals surface area (Å²) >= 11 is 1.84. The zero-order chi connectivity index (χ0) is 45.2. The zero-order valence-corrected chi connectivity index (χ0v) is 38.2. The van der Waals surface area contributed by atoms with E-state index in [2.05, 4.69) is 241 Å². The van der Waals surface area contributed by atoms with Crippen molar-refractivity contribution in [2.45, 2.75) is 5.92 Å². The standard InChI is InChI=1S/C66H40N2S/c1-2-15-40(16-3-1)65-66-59(39-63(67-65)68-60-28-13-12-25-53(60)57-38-45(30-33-61(57)68)64-54-26-10-8-22-49(54)50-23-9-11-27-55(50)64)58-37-44(31-34-62(58)69-66)42-18-14-17-41(35-42)43-29-32-52-48-21-5-4-19-46(48)47-20-6-7-24-51(47)56(52)36-43/h1-39,64H. The smallest absolute Gasteiger partial charge is 0.139 e. The quantitative estimate of drug-likeness (QED) is 0.157. The third-order valence-electron chi connectivity index (χ3n) is 14.9. The Hall–Kier alpha value is -8.63. The third kappa shape index (κ3) is 5.81. The highest BCUT2D eigenvalue weighted by atomic mass is 32.1. The molecule has 3 heterocycles. The SMILES string of the molecule is c1ccc(-c2nc(-n3c4ccccc4c4cc(C5c6ccccc6-c6ccccc65)ccc43)cc3c2sc2ccc(-c4cccc(-c5ccc6c7ccccc7c7ccccc7c6c5)c4)cc23)cc1. The van der Waals surface area contributed by atoms with Gasteiger partial charge >= 0.3 is 0 Å². The lowest BCUT2D eigenvalue weighted by Crippen LogP contribution is -2.01. The summed E-state index contributed by atoms with van der Waals surface area (Å²) in [7, 11) is 0. The number of hydrogen-bond donors (Lipinski definition) is 0. The molecule has 0 saturated heterocycles. The van der Waals surface area contributed by atoms with E-state index in [1.165, 1.54) is 113 Å². The van der Waals surface area contributed by atoms with E-state index >= 15 is 0 Å². The minimum Gasteiger partial charge on any atom is -0.294 e. The number of para-hydroxylation sites is 1. The van der Waals surface area contributed by atoms with E-state index in [0.717, 1.165) is 28.1 Å². The molecule has 15 rings (SSSR count). The molecule has 0 fully saturated rings. The van der Waals surface area contributed by atoms with Gasteiger partial charge in [0.25, 0.3) is 0 Å². The first kappa shape index (κ1) is 38.5. The lowest BCUT2D eigenvalue weighted by molar-refractivity contribution is 1.02. The van der Waals surface area contributed by atoms with Gasteiger partial charge in [0.05, 0.1) is 21.4 Å². The molecule has 1 aliphatic carbocycles. The average Bonchev–Trinajstić information content (AvgIpc) is 4.08. The lowest BCUT2D eigenvalue weighted by Gasteiger charge is -2.15. The third-order valence-corrected chi connectivity index (χ3v) is 16.0. The normalized spacial score (nSPS) is 12.6. The van der Waals surface area contributed by atoms with Gasteiger partial charge in [-0.3, -0.25) is 4.57 Å². The van der Waals surface area contributed by atoms with Crippen molar-refractivity contribution in [2.24, 2.45) is 0 Å². The molecular formula is C66H40N2S. The first-order valence-corrected chi connectivity index (χ1v) is 24.6. The summed E-state index contributed by atoms with van der Waals surface area (Å²) in [6.45, 7) is 0. The molecule has 0 radical (unpaired) electrons. The number of rotatable bonds is 5. The molecule has 14 aromatic rings. The summed E-state index contributed by atoms with van der Waals surface area (Å²) in [5.74, 6) is 1.09. The Morgan fingerprint density at radius 2 is 0.870 bits per heavy atom. The van der Waals surface area contributed by atoms with E-state index in [-0.39, 0.29) is 5.92 Å². The van der Waals surface area contributed by atoms with Crippen molar-refractivity contribution < 1.29 is 0 Å². The van der Waals surface area contributed by atoms with Crippen molar-refractivity contribution in [3.8, 4) is 50.5 Å². The summed E-state index contributed by atoms with van der Waals surface area (Å²) in [5.41, 5.74) is 15.9. The van der Waals surface area contributed by atoms with Gasteiger partial charge in [0.1, 0.15) is 5.82 Å². The maximum absolute atomic E-state index is 5.62. The van der Waals surface area contributed by atoms with Crippen molar-refractivity contribution in [1.29, 1.82) is 0 Å². The molecular weight excluding hydrogens is 853 g/mol. The van der Waals surface area contributed by atoms with Crippen LogP contribution in [-0.2, 0) is 0 Å². The molecule has 0 spiro atoms. The molecule has 69 heavy (non-hydrogen) atoms. The van der Waals surface area contributed by atoms with Gasteiger partial charge in [-0.1, -0.05) is 188 Å². The van der Waals surface area contributed by atoms with Crippen LogP contribution in [0.2, 0.25) is 0 Å². The van der Waals surface area contributed by atoms with E-state index in [9.17, 15) is 0 Å². The molecule has 0 saturated carbocycles. The second-order valence-electron chi connectivity index (χ2n) is 18.6. The van der Waals surface area contributed by atoms with Crippen molar-refractivity contribution in [1.82, 2.24) is 9.55 Å². The molecule has 11 aromatic carbocycles. The molecule has 3 heteroatoms. The summed E-state index contributed by atoms with van der Waals surface area (Å²) in [6.07, 6.45) is 0. The van der Waals surface area contributed by atoms with Crippen molar-refractivity contribution in [3.05, 3.63) is 253 Å². The van der Waals surface area contributed by atoms with Gasteiger partial charge in [-0.05, 0) is 131 Å². The molecule has 0 aliphatic heterocycles. The monoisotopic (exact) mass is 892 g/mol. The molecule has 0 atom stereocenters. The fourth-order valence-corrected chi connectivity index (χ4v) is 12.9. The maximum Gasteiger partial charge on any atom is 0.139 e. The summed E-state index contributed by atoms with van der Waals surface area (Å²) < 4.78 is 4.84. The van der Waals surface area contributed by atoms with Gasteiger partial charge in [0.15, 0.2) is 0 Å². The molecule has 0 unspecified atom stereocenters. The van der Waals surface area contributed by atoms with Gasteiger partial charge in [0.2, 0.25) is 0 Å². The Morgan fingerprint density at radius 1 is 0.333 bits per heavy atom. The number of nitrogens with zero attached hydrogens (tertiary/aromatic N) is 2. The van der Waals surface area contributed by atoms with Crippen LogP contribution in [0.15, 0.2) is 237 Å². The topological polar surface area (TPSA) is 17.8 Å². The van der Waals surface area contributed by atoms with Gasteiger partial charge < -0.3 is 0 Å². The predicted molar refractivity (Wildman–Crippen MR) is 293 cm³/mol. The molecule has 320 valence electrons. The van der Waals surface area contributed by atoms with Gasteiger partial charge in [-0.2, -0.15) is 0 Å². The fraction of sp³-hybridized carbons (Fsp3) is 0.0152. The van der Waals surface area contributed by atoms with E-state index in [1.807, 2.05) is 11.3 Å². The maximum atomic E-state index is 5.62. The minimum absolute atomic E-state index is 0.170. The first-order chi connectivity index (χ1) is 34.2. The molecule has 0 N–H and O–H groups in total. The van der Waals surface area contributed by atoms with Crippen molar-refractivity contribution >= 4 is 85.6 Å². The van der Waals surface area contributed by atoms with E-state index in [0.29, 0.717) is 0 Å². The van der Waals surface area contributed by atoms with Crippen LogP contribution >= 0.6 is 11.3 Å².